The van der Waals surface area contributed by atoms with E-state index in [-0.39, 0.29) is 0 Å². The molecule has 2 heterocycles. The standard InChI is InChI=1S/C34H38N4O/c1-27(36-32-15-18-35-19-16-32)33-12-6-11-31(25-34(33)39)30-10-5-9-28(13-14-30)17-20-37-21-23-38(24-22-37)26-29-7-3-2-4-8-29/h2-4,6-16,18-19,39H,1,5,17,20-26H2,(H,35,36). The number of aromatic nitrogens is 1. The Balaban J connectivity index is 1.10. The molecule has 1 aromatic heterocycles. The minimum absolute atomic E-state index is 0.319. The zero-order valence-electron chi connectivity index (χ0n) is 22.6. The molecular formula is C34H38N4O. The van der Waals surface area contributed by atoms with Crippen molar-refractivity contribution in [2.75, 3.05) is 38.0 Å². The van der Waals surface area contributed by atoms with Crippen molar-refractivity contribution in [1.82, 2.24) is 14.8 Å². The van der Waals surface area contributed by atoms with Crippen LogP contribution in [-0.2, 0) is 6.54 Å². The third-order valence-corrected chi connectivity index (χ3v) is 7.53. The maximum absolute atomic E-state index is 11.0. The van der Waals surface area contributed by atoms with Crippen molar-refractivity contribution >= 4 is 5.69 Å². The molecule has 0 unspecified atom stereocenters. The van der Waals surface area contributed by atoms with Gasteiger partial charge in [-0.25, -0.2) is 0 Å². The van der Waals surface area contributed by atoms with Gasteiger partial charge in [0.2, 0.25) is 0 Å². The lowest BCUT2D eigenvalue weighted by atomic mass is 9.99. The van der Waals surface area contributed by atoms with E-state index in [0.717, 1.165) is 68.9 Å². The van der Waals surface area contributed by atoms with E-state index in [0.29, 0.717) is 17.9 Å². The zero-order valence-corrected chi connectivity index (χ0v) is 22.6. The van der Waals surface area contributed by atoms with Crippen LogP contribution in [0.15, 0.2) is 138 Å². The van der Waals surface area contributed by atoms with Crippen LogP contribution in [-0.4, -0.2) is 52.6 Å². The van der Waals surface area contributed by atoms with Gasteiger partial charge in [-0.15, -0.1) is 0 Å². The molecule has 1 fully saturated rings. The van der Waals surface area contributed by atoms with Gasteiger partial charge < -0.3 is 15.3 Å². The zero-order chi connectivity index (χ0) is 26.9. The molecule has 1 aromatic carbocycles. The number of aliphatic hydroxyl groups is 1. The van der Waals surface area contributed by atoms with Crippen molar-refractivity contribution in [3.8, 4) is 0 Å². The number of pyridine rings is 1. The molecule has 39 heavy (non-hydrogen) atoms. The first-order valence-corrected chi connectivity index (χ1v) is 13.9. The Bertz CT molecular complexity index is 1320. The maximum atomic E-state index is 11.0. The van der Waals surface area contributed by atoms with E-state index in [1.165, 1.54) is 16.7 Å². The average Bonchev–Trinajstić information content (AvgIpc) is 3.32. The number of benzene rings is 1. The molecule has 200 valence electrons. The van der Waals surface area contributed by atoms with E-state index in [1.54, 1.807) is 12.4 Å². The molecule has 3 aliphatic rings. The van der Waals surface area contributed by atoms with Gasteiger partial charge >= 0.3 is 0 Å². The second-order valence-corrected chi connectivity index (χ2v) is 10.3. The van der Waals surface area contributed by atoms with Gasteiger partial charge in [0.1, 0.15) is 5.76 Å². The lowest BCUT2D eigenvalue weighted by molar-refractivity contribution is 0.128. The number of anilines is 1. The van der Waals surface area contributed by atoms with Crippen LogP contribution in [0.5, 0.6) is 0 Å². The van der Waals surface area contributed by atoms with E-state index in [4.69, 9.17) is 0 Å². The summed E-state index contributed by atoms with van der Waals surface area (Å²) in [4.78, 5) is 9.19. The maximum Gasteiger partial charge on any atom is 0.106 e. The quantitative estimate of drug-likeness (QED) is 0.386. The number of hydrogen-bond donors (Lipinski definition) is 2. The number of rotatable bonds is 9. The van der Waals surface area contributed by atoms with Crippen LogP contribution in [0.25, 0.3) is 0 Å². The summed E-state index contributed by atoms with van der Waals surface area (Å²) in [6, 6.07) is 14.5. The minimum atomic E-state index is 0.319. The molecule has 0 saturated carbocycles. The topological polar surface area (TPSA) is 51.6 Å². The number of hydrogen-bond acceptors (Lipinski definition) is 5. The van der Waals surface area contributed by atoms with Crippen molar-refractivity contribution in [3.05, 3.63) is 143 Å². The summed E-state index contributed by atoms with van der Waals surface area (Å²) in [5, 5.41) is 14.2. The van der Waals surface area contributed by atoms with Crippen molar-refractivity contribution in [2.24, 2.45) is 0 Å². The Morgan fingerprint density at radius 3 is 2.49 bits per heavy atom. The highest BCUT2D eigenvalue weighted by atomic mass is 16.3. The molecule has 0 atom stereocenters. The number of nitrogens with one attached hydrogen (secondary N) is 1. The van der Waals surface area contributed by atoms with Crippen LogP contribution in [0, 0.1) is 0 Å². The largest absolute Gasteiger partial charge is 0.511 e. The van der Waals surface area contributed by atoms with Crippen LogP contribution in [0.3, 0.4) is 0 Å². The molecule has 5 nitrogen and oxygen atoms in total. The average molecular weight is 519 g/mol. The minimum Gasteiger partial charge on any atom is -0.511 e. The number of nitrogens with zero attached hydrogens (tertiary/aromatic N) is 3. The fourth-order valence-electron chi connectivity index (χ4n) is 5.23. The predicted octanol–water partition coefficient (Wildman–Crippen LogP) is 6.73. The Morgan fingerprint density at radius 2 is 1.69 bits per heavy atom. The highest BCUT2D eigenvalue weighted by molar-refractivity contribution is 5.57. The lowest BCUT2D eigenvalue weighted by Gasteiger charge is -2.34. The van der Waals surface area contributed by atoms with E-state index in [1.807, 2.05) is 24.3 Å². The van der Waals surface area contributed by atoms with Crippen LogP contribution in [0.4, 0.5) is 5.69 Å². The first-order valence-electron chi connectivity index (χ1n) is 13.9. The highest BCUT2D eigenvalue weighted by Crippen LogP contribution is 2.29. The summed E-state index contributed by atoms with van der Waals surface area (Å²) >= 11 is 0. The van der Waals surface area contributed by atoms with Crippen LogP contribution in [0.2, 0.25) is 0 Å². The third-order valence-electron chi connectivity index (χ3n) is 7.53. The van der Waals surface area contributed by atoms with Gasteiger partial charge in [-0.05, 0) is 47.8 Å². The van der Waals surface area contributed by atoms with Crippen molar-refractivity contribution < 1.29 is 5.11 Å². The predicted molar refractivity (Wildman–Crippen MR) is 161 cm³/mol. The molecule has 5 rings (SSSR count). The van der Waals surface area contributed by atoms with Crippen molar-refractivity contribution in [2.45, 2.75) is 25.8 Å². The first-order chi connectivity index (χ1) is 19.1. The first kappa shape index (κ1) is 26.7. The Hall–Kier alpha value is -3.93. The van der Waals surface area contributed by atoms with Gasteiger partial charge in [-0.2, -0.15) is 0 Å². The van der Waals surface area contributed by atoms with Gasteiger partial charge in [0.05, 0.1) is 0 Å². The van der Waals surface area contributed by atoms with Gasteiger partial charge in [0.25, 0.3) is 0 Å². The fourth-order valence-corrected chi connectivity index (χ4v) is 5.23. The summed E-state index contributed by atoms with van der Waals surface area (Å²) in [7, 11) is 0. The van der Waals surface area contributed by atoms with Gasteiger partial charge in [0, 0.05) is 75.0 Å². The SMILES string of the molecule is C=C(Nc1ccncc1)C1=C(O)CC(C2=CCC=C(CCN3CCN(Cc4ccccc4)CC3)C=C2)=CC=C1. The Kier molecular flexibility index (Phi) is 9.05. The molecule has 0 spiro atoms. The van der Waals surface area contributed by atoms with E-state index in [9.17, 15) is 5.11 Å². The van der Waals surface area contributed by atoms with E-state index >= 15 is 0 Å². The van der Waals surface area contributed by atoms with Gasteiger partial charge in [-0.3, -0.25) is 9.88 Å². The van der Waals surface area contributed by atoms with Crippen LogP contribution >= 0.6 is 0 Å². The lowest BCUT2D eigenvalue weighted by Crippen LogP contribution is -2.46. The molecule has 1 saturated heterocycles. The fraction of sp³-hybridized carbons (Fsp3) is 0.265. The molecule has 0 amide bonds. The Morgan fingerprint density at radius 1 is 0.923 bits per heavy atom. The molecular weight excluding hydrogens is 480 g/mol. The molecule has 5 heteroatoms. The smallest absolute Gasteiger partial charge is 0.106 e. The molecule has 2 aliphatic carbocycles. The molecule has 0 bridgehead atoms. The second kappa shape index (κ2) is 13.2. The van der Waals surface area contributed by atoms with Crippen LogP contribution in [0.1, 0.15) is 24.8 Å². The Labute approximate surface area is 232 Å². The van der Waals surface area contributed by atoms with E-state index in [2.05, 4.69) is 87.4 Å². The van der Waals surface area contributed by atoms with Crippen LogP contribution < -0.4 is 5.32 Å². The number of allylic oxidation sites excluding steroid dienone is 9. The number of piperazine rings is 1. The van der Waals surface area contributed by atoms with Crippen molar-refractivity contribution in [1.29, 1.82) is 0 Å². The normalized spacial score (nSPS) is 18.6. The molecule has 1 aliphatic heterocycles. The van der Waals surface area contributed by atoms with Crippen molar-refractivity contribution in [3.63, 3.8) is 0 Å². The van der Waals surface area contributed by atoms with Gasteiger partial charge in [-0.1, -0.05) is 78.9 Å². The molecule has 0 radical (unpaired) electrons. The summed E-state index contributed by atoms with van der Waals surface area (Å²) < 4.78 is 0. The molecule has 2 aromatic rings. The highest BCUT2D eigenvalue weighted by Gasteiger charge is 2.18. The summed E-state index contributed by atoms with van der Waals surface area (Å²) in [5.74, 6) is 0.319. The molecule has 2 N–H and O–H groups in total. The summed E-state index contributed by atoms with van der Waals surface area (Å²) in [6.45, 7) is 10.8. The van der Waals surface area contributed by atoms with Gasteiger partial charge in [0.15, 0.2) is 0 Å². The monoisotopic (exact) mass is 518 g/mol. The number of aliphatic hydroxyl groups excluding tert-OH is 1. The van der Waals surface area contributed by atoms with E-state index < -0.39 is 0 Å². The second-order valence-electron chi connectivity index (χ2n) is 10.3. The summed E-state index contributed by atoms with van der Waals surface area (Å²) in [5.41, 5.74) is 7.33. The summed E-state index contributed by atoms with van der Waals surface area (Å²) in [6.07, 6.45) is 21.0. The third kappa shape index (κ3) is 7.56.